The molecule has 228 valence electrons. The van der Waals surface area contributed by atoms with Gasteiger partial charge in [0.1, 0.15) is 0 Å². The first kappa shape index (κ1) is 28.5. The van der Waals surface area contributed by atoms with Crippen LogP contribution in [0.15, 0.2) is 97.1 Å². The first-order valence-electron chi connectivity index (χ1n) is 16.2. The SMILES string of the molecule is COC(=O)C(C)C[C@]1(C[C@]2(CC(C)C)c3ccccc3-c3nc4ccccc4nc32)c2ccccc2-c2nc3ccccc3nc21. The highest BCUT2D eigenvalue weighted by atomic mass is 16.5. The van der Waals surface area contributed by atoms with Crippen molar-refractivity contribution in [2.24, 2.45) is 11.8 Å². The number of hydrogen-bond donors (Lipinski definition) is 0. The number of fused-ring (bicyclic) bond motifs is 8. The van der Waals surface area contributed by atoms with Crippen LogP contribution in [0.5, 0.6) is 0 Å². The minimum absolute atomic E-state index is 0.227. The van der Waals surface area contributed by atoms with Crippen LogP contribution in [0.4, 0.5) is 0 Å². The summed E-state index contributed by atoms with van der Waals surface area (Å²) in [5.41, 5.74) is 10.7. The zero-order valence-corrected chi connectivity index (χ0v) is 26.6. The molecule has 6 nitrogen and oxygen atoms in total. The van der Waals surface area contributed by atoms with Gasteiger partial charge in [0.2, 0.25) is 0 Å². The van der Waals surface area contributed by atoms with Crippen LogP contribution >= 0.6 is 0 Å². The van der Waals surface area contributed by atoms with Gasteiger partial charge in [0.25, 0.3) is 0 Å². The number of esters is 1. The fourth-order valence-electron chi connectivity index (χ4n) is 8.45. The Morgan fingerprint density at radius 1 is 0.609 bits per heavy atom. The molecule has 2 aromatic heterocycles. The number of aromatic nitrogens is 4. The fraction of sp³-hybridized carbons (Fsp3) is 0.275. The molecule has 0 saturated heterocycles. The zero-order chi connectivity index (χ0) is 31.6. The molecule has 0 bridgehead atoms. The van der Waals surface area contributed by atoms with Gasteiger partial charge in [-0.25, -0.2) is 19.9 Å². The summed E-state index contributed by atoms with van der Waals surface area (Å²) >= 11 is 0. The van der Waals surface area contributed by atoms with E-state index in [1.54, 1.807) is 0 Å². The minimum Gasteiger partial charge on any atom is -0.469 e. The molecule has 3 atom stereocenters. The van der Waals surface area contributed by atoms with Crippen molar-refractivity contribution in [3.05, 3.63) is 120 Å². The Hall–Kier alpha value is -4.97. The number of carbonyl (C=O) groups is 1. The Labute approximate surface area is 268 Å². The van der Waals surface area contributed by atoms with Gasteiger partial charge >= 0.3 is 5.97 Å². The molecular weight excluding hydrogens is 568 g/mol. The number of nitrogens with zero attached hydrogens (tertiary/aromatic N) is 4. The highest BCUT2D eigenvalue weighted by molar-refractivity contribution is 5.87. The lowest BCUT2D eigenvalue weighted by molar-refractivity contribution is -0.145. The van der Waals surface area contributed by atoms with Gasteiger partial charge < -0.3 is 4.74 Å². The molecule has 2 aliphatic rings. The summed E-state index contributed by atoms with van der Waals surface area (Å²) in [7, 11) is 1.47. The van der Waals surface area contributed by atoms with E-state index in [-0.39, 0.29) is 11.9 Å². The molecule has 0 fully saturated rings. The highest BCUT2D eigenvalue weighted by Crippen LogP contribution is 2.61. The number of para-hydroxylation sites is 4. The van der Waals surface area contributed by atoms with Crippen LogP contribution in [0.2, 0.25) is 0 Å². The smallest absolute Gasteiger partial charge is 0.308 e. The van der Waals surface area contributed by atoms with Crippen LogP contribution in [-0.2, 0) is 20.4 Å². The molecule has 0 spiro atoms. The Morgan fingerprint density at radius 3 is 1.48 bits per heavy atom. The van der Waals surface area contributed by atoms with E-state index >= 15 is 0 Å². The van der Waals surface area contributed by atoms with Crippen molar-refractivity contribution in [1.82, 2.24) is 19.9 Å². The Bertz CT molecular complexity index is 2180. The molecule has 8 rings (SSSR count). The van der Waals surface area contributed by atoms with Crippen LogP contribution in [0.1, 0.15) is 62.5 Å². The van der Waals surface area contributed by atoms with Gasteiger partial charge in [-0.05, 0) is 60.6 Å². The van der Waals surface area contributed by atoms with Gasteiger partial charge in [-0.2, -0.15) is 0 Å². The monoisotopic (exact) mass is 604 g/mol. The van der Waals surface area contributed by atoms with Gasteiger partial charge in [-0.1, -0.05) is 93.6 Å². The lowest BCUT2D eigenvalue weighted by Gasteiger charge is -2.43. The summed E-state index contributed by atoms with van der Waals surface area (Å²) in [6.45, 7) is 6.54. The number of methoxy groups -OCH3 is 1. The van der Waals surface area contributed by atoms with E-state index < -0.39 is 10.8 Å². The normalized spacial score (nSPS) is 19.9. The van der Waals surface area contributed by atoms with Gasteiger partial charge in [0, 0.05) is 22.0 Å². The molecule has 2 heterocycles. The molecule has 0 N–H and O–H groups in total. The first-order valence-corrected chi connectivity index (χ1v) is 16.2. The van der Waals surface area contributed by atoms with Crippen molar-refractivity contribution >= 4 is 28.0 Å². The van der Waals surface area contributed by atoms with Crippen LogP contribution in [0, 0.1) is 11.8 Å². The zero-order valence-electron chi connectivity index (χ0n) is 26.6. The second-order valence-corrected chi connectivity index (χ2v) is 13.5. The predicted octanol–water partition coefficient (Wildman–Crippen LogP) is 8.44. The van der Waals surface area contributed by atoms with Crippen molar-refractivity contribution in [2.75, 3.05) is 7.11 Å². The summed E-state index contributed by atoms with van der Waals surface area (Å²) in [6.07, 6.45) is 2.04. The van der Waals surface area contributed by atoms with Gasteiger partial charge in [0.05, 0.1) is 57.9 Å². The highest BCUT2D eigenvalue weighted by Gasteiger charge is 2.56. The van der Waals surface area contributed by atoms with E-state index in [1.165, 1.54) is 12.7 Å². The number of carbonyl (C=O) groups excluding carboxylic acids is 1. The number of ether oxygens (including phenoxy) is 1. The quantitative estimate of drug-likeness (QED) is 0.170. The fourth-order valence-corrected chi connectivity index (χ4v) is 8.45. The predicted molar refractivity (Wildman–Crippen MR) is 181 cm³/mol. The van der Waals surface area contributed by atoms with Gasteiger partial charge in [-0.15, -0.1) is 0 Å². The van der Waals surface area contributed by atoms with E-state index in [2.05, 4.69) is 68.4 Å². The maximum absolute atomic E-state index is 13.2. The van der Waals surface area contributed by atoms with Crippen LogP contribution < -0.4 is 0 Å². The molecular formula is C40H36N4O2. The van der Waals surface area contributed by atoms with Crippen molar-refractivity contribution in [2.45, 2.75) is 50.9 Å². The molecule has 46 heavy (non-hydrogen) atoms. The van der Waals surface area contributed by atoms with E-state index in [1.807, 2.05) is 49.4 Å². The van der Waals surface area contributed by atoms with E-state index in [4.69, 9.17) is 24.7 Å². The topological polar surface area (TPSA) is 77.9 Å². The molecule has 0 radical (unpaired) electrons. The van der Waals surface area contributed by atoms with E-state index in [9.17, 15) is 4.79 Å². The van der Waals surface area contributed by atoms with Gasteiger partial charge in [-0.3, -0.25) is 4.79 Å². The molecule has 6 heteroatoms. The molecule has 0 amide bonds. The third-order valence-corrected chi connectivity index (χ3v) is 10.1. The van der Waals surface area contributed by atoms with Crippen LogP contribution in [-0.4, -0.2) is 33.0 Å². The summed E-state index contributed by atoms with van der Waals surface area (Å²) in [5.74, 6) is -0.261. The average molecular weight is 605 g/mol. The number of benzene rings is 4. The van der Waals surface area contributed by atoms with Gasteiger partial charge in [0.15, 0.2) is 0 Å². The van der Waals surface area contributed by atoms with Crippen LogP contribution in [0.3, 0.4) is 0 Å². The van der Waals surface area contributed by atoms with Crippen molar-refractivity contribution in [3.8, 4) is 22.5 Å². The molecule has 2 aliphatic carbocycles. The van der Waals surface area contributed by atoms with E-state index in [0.29, 0.717) is 18.8 Å². The first-order chi connectivity index (χ1) is 22.3. The van der Waals surface area contributed by atoms with Crippen molar-refractivity contribution in [3.63, 3.8) is 0 Å². The Balaban J connectivity index is 1.46. The Kier molecular flexibility index (Phi) is 6.54. The molecule has 4 aromatic carbocycles. The second-order valence-electron chi connectivity index (χ2n) is 13.5. The van der Waals surface area contributed by atoms with Crippen molar-refractivity contribution < 1.29 is 9.53 Å². The minimum atomic E-state index is -0.659. The lowest BCUT2D eigenvalue weighted by atomic mass is 9.60. The lowest BCUT2D eigenvalue weighted by Crippen LogP contribution is -2.41. The maximum atomic E-state index is 13.2. The van der Waals surface area contributed by atoms with Crippen LogP contribution in [0.25, 0.3) is 44.6 Å². The summed E-state index contributed by atoms with van der Waals surface area (Å²) in [6, 6.07) is 33.4. The largest absolute Gasteiger partial charge is 0.469 e. The second kappa shape index (κ2) is 10.5. The molecule has 1 unspecified atom stereocenters. The third-order valence-electron chi connectivity index (χ3n) is 10.1. The summed E-state index contributed by atoms with van der Waals surface area (Å²) in [4.78, 5) is 34.6. The standard InChI is InChI=1S/C40H36N4O2/c1-24(2)21-39(28-15-7-5-13-26(28)34-36(39)43-32-19-11-9-17-30(32)41-34)23-40(22-25(3)38(45)46-4)29-16-8-6-14-27(29)35-37(40)44-33-20-12-10-18-31(33)42-35/h5-20,24-25H,21-23H2,1-4H3/t25?,39-,40+/m1/s1. The average Bonchev–Trinajstić information content (AvgIpc) is 3.48. The number of rotatable bonds is 7. The Morgan fingerprint density at radius 2 is 1.02 bits per heavy atom. The van der Waals surface area contributed by atoms with E-state index in [0.717, 1.165) is 68.0 Å². The molecule has 0 saturated carbocycles. The third kappa shape index (κ3) is 4.12. The summed E-state index contributed by atoms with van der Waals surface area (Å²) in [5, 5.41) is 0. The maximum Gasteiger partial charge on any atom is 0.308 e. The molecule has 0 aliphatic heterocycles. The van der Waals surface area contributed by atoms with Crippen molar-refractivity contribution in [1.29, 1.82) is 0 Å². The number of hydrogen-bond acceptors (Lipinski definition) is 6. The summed E-state index contributed by atoms with van der Waals surface area (Å²) < 4.78 is 5.34. The molecule has 6 aromatic rings.